The number of rotatable bonds is 3. The van der Waals surface area contributed by atoms with Crippen LogP contribution in [0.5, 0.6) is 11.5 Å². The SMILES string of the molecule is CCc1c(-c2ccc(O)cc2)noc1-c1ccc(O)c(F)c1. The smallest absolute Gasteiger partial charge is 0.170 e. The van der Waals surface area contributed by atoms with E-state index in [1.807, 2.05) is 6.92 Å². The molecule has 0 bridgehead atoms. The molecule has 0 fully saturated rings. The van der Waals surface area contributed by atoms with E-state index >= 15 is 0 Å². The summed E-state index contributed by atoms with van der Waals surface area (Å²) in [5.41, 5.74) is 2.83. The van der Waals surface area contributed by atoms with Gasteiger partial charge in [-0.05, 0) is 48.9 Å². The van der Waals surface area contributed by atoms with Crippen molar-refractivity contribution in [2.24, 2.45) is 0 Å². The lowest BCUT2D eigenvalue weighted by molar-refractivity contribution is 0.427. The molecule has 0 saturated carbocycles. The molecule has 0 aliphatic heterocycles. The largest absolute Gasteiger partial charge is 0.508 e. The topological polar surface area (TPSA) is 66.5 Å². The second-order valence-corrected chi connectivity index (χ2v) is 4.91. The summed E-state index contributed by atoms with van der Waals surface area (Å²) in [6, 6.07) is 10.7. The molecule has 0 unspecified atom stereocenters. The van der Waals surface area contributed by atoms with Gasteiger partial charge in [0.15, 0.2) is 17.3 Å². The number of halogens is 1. The Balaban J connectivity index is 2.10. The molecule has 3 rings (SSSR count). The minimum Gasteiger partial charge on any atom is -0.508 e. The molecule has 1 aromatic heterocycles. The highest BCUT2D eigenvalue weighted by molar-refractivity contribution is 5.73. The van der Waals surface area contributed by atoms with E-state index in [2.05, 4.69) is 5.16 Å². The molecule has 2 N–H and O–H groups in total. The number of hydrogen-bond acceptors (Lipinski definition) is 4. The first-order valence-corrected chi connectivity index (χ1v) is 6.87. The van der Waals surface area contributed by atoms with Crippen molar-refractivity contribution in [2.45, 2.75) is 13.3 Å². The molecule has 112 valence electrons. The van der Waals surface area contributed by atoms with Gasteiger partial charge < -0.3 is 14.7 Å². The molecule has 0 amide bonds. The van der Waals surface area contributed by atoms with Crippen LogP contribution in [0.15, 0.2) is 47.0 Å². The standard InChI is InChI=1S/C17H14FNO3/c1-2-13-16(10-3-6-12(20)7-4-10)19-22-17(13)11-5-8-15(21)14(18)9-11/h3-9,20-21H,2H2,1H3. The highest BCUT2D eigenvalue weighted by Crippen LogP contribution is 2.34. The third-order valence-electron chi connectivity index (χ3n) is 3.49. The van der Waals surface area contributed by atoms with E-state index in [0.29, 0.717) is 23.4 Å². The monoisotopic (exact) mass is 299 g/mol. The predicted molar refractivity (Wildman–Crippen MR) is 80.0 cm³/mol. The van der Waals surface area contributed by atoms with Crippen molar-refractivity contribution in [3.8, 4) is 34.1 Å². The number of nitrogens with zero attached hydrogens (tertiary/aromatic N) is 1. The van der Waals surface area contributed by atoms with Crippen molar-refractivity contribution in [2.75, 3.05) is 0 Å². The number of aromatic hydroxyl groups is 2. The Morgan fingerprint density at radius 2 is 1.73 bits per heavy atom. The van der Waals surface area contributed by atoms with E-state index in [4.69, 9.17) is 4.52 Å². The van der Waals surface area contributed by atoms with E-state index in [1.54, 1.807) is 30.3 Å². The van der Waals surface area contributed by atoms with Gasteiger partial charge in [0.2, 0.25) is 0 Å². The maximum atomic E-state index is 13.5. The van der Waals surface area contributed by atoms with Crippen molar-refractivity contribution in [3.05, 3.63) is 53.8 Å². The van der Waals surface area contributed by atoms with Crippen molar-refractivity contribution in [3.63, 3.8) is 0 Å². The fraction of sp³-hybridized carbons (Fsp3) is 0.118. The van der Waals surface area contributed by atoms with E-state index in [0.717, 1.165) is 11.1 Å². The van der Waals surface area contributed by atoms with Crippen LogP contribution in [-0.2, 0) is 6.42 Å². The van der Waals surface area contributed by atoms with Crippen molar-refractivity contribution < 1.29 is 19.1 Å². The summed E-state index contributed by atoms with van der Waals surface area (Å²) in [7, 11) is 0. The van der Waals surface area contributed by atoms with Gasteiger partial charge in [0, 0.05) is 16.7 Å². The molecule has 2 aromatic carbocycles. The van der Waals surface area contributed by atoms with Crippen LogP contribution in [0.2, 0.25) is 0 Å². The Hall–Kier alpha value is -2.82. The summed E-state index contributed by atoms with van der Waals surface area (Å²) in [5.74, 6) is -0.460. The zero-order chi connectivity index (χ0) is 15.7. The lowest BCUT2D eigenvalue weighted by Gasteiger charge is -2.03. The second kappa shape index (κ2) is 5.52. The first-order chi connectivity index (χ1) is 10.6. The van der Waals surface area contributed by atoms with Gasteiger partial charge in [0.1, 0.15) is 11.4 Å². The average Bonchev–Trinajstić information content (AvgIpc) is 2.94. The molecular weight excluding hydrogens is 285 g/mol. The summed E-state index contributed by atoms with van der Waals surface area (Å²) in [6.45, 7) is 1.96. The molecule has 0 spiro atoms. The van der Waals surface area contributed by atoms with E-state index in [-0.39, 0.29) is 5.75 Å². The van der Waals surface area contributed by atoms with Crippen LogP contribution in [0.4, 0.5) is 4.39 Å². The number of benzene rings is 2. The Morgan fingerprint density at radius 1 is 1.05 bits per heavy atom. The Labute approximate surface area is 126 Å². The number of aromatic nitrogens is 1. The Morgan fingerprint density at radius 3 is 2.36 bits per heavy atom. The summed E-state index contributed by atoms with van der Waals surface area (Å²) in [6.07, 6.45) is 0.650. The van der Waals surface area contributed by atoms with Crippen molar-refractivity contribution in [1.29, 1.82) is 0 Å². The summed E-state index contributed by atoms with van der Waals surface area (Å²) < 4.78 is 18.9. The first kappa shape index (κ1) is 14.1. The molecule has 5 heteroatoms. The molecule has 22 heavy (non-hydrogen) atoms. The van der Waals surface area contributed by atoms with Crippen LogP contribution in [-0.4, -0.2) is 15.4 Å². The quantitative estimate of drug-likeness (QED) is 0.763. The molecular formula is C17H14FNO3. The van der Waals surface area contributed by atoms with Gasteiger partial charge in [-0.15, -0.1) is 0 Å². The van der Waals surface area contributed by atoms with Crippen LogP contribution in [0, 0.1) is 5.82 Å². The molecule has 0 atom stereocenters. The molecule has 4 nitrogen and oxygen atoms in total. The normalized spacial score (nSPS) is 10.8. The first-order valence-electron chi connectivity index (χ1n) is 6.87. The number of phenols is 2. The Kier molecular flexibility index (Phi) is 3.55. The van der Waals surface area contributed by atoms with E-state index in [1.165, 1.54) is 12.1 Å². The van der Waals surface area contributed by atoms with Gasteiger partial charge in [0.25, 0.3) is 0 Å². The zero-order valence-electron chi connectivity index (χ0n) is 11.9. The number of hydrogen-bond donors (Lipinski definition) is 2. The molecule has 0 aliphatic carbocycles. The van der Waals surface area contributed by atoms with Gasteiger partial charge in [-0.3, -0.25) is 0 Å². The van der Waals surface area contributed by atoms with Crippen LogP contribution in [0.3, 0.4) is 0 Å². The van der Waals surface area contributed by atoms with Crippen molar-refractivity contribution in [1.82, 2.24) is 5.16 Å². The molecule has 0 aliphatic rings. The fourth-order valence-electron chi connectivity index (χ4n) is 2.36. The van der Waals surface area contributed by atoms with Gasteiger partial charge in [-0.2, -0.15) is 0 Å². The van der Waals surface area contributed by atoms with Gasteiger partial charge in [-0.25, -0.2) is 4.39 Å². The van der Waals surface area contributed by atoms with E-state index in [9.17, 15) is 14.6 Å². The second-order valence-electron chi connectivity index (χ2n) is 4.91. The molecule has 0 saturated heterocycles. The summed E-state index contributed by atoms with van der Waals surface area (Å²) in [5, 5.41) is 22.7. The van der Waals surface area contributed by atoms with Gasteiger partial charge >= 0.3 is 0 Å². The highest BCUT2D eigenvalue weighted by Gasteiger charge is 2.18. The lowest BCUT2D eigenvalue weighted by Crippen LogP contribution is -1.88. The number of phenolic OH excluding ortho intramolecular Hbond substituents is 2. The summed E-state index contributed by atoms with van der Waals surface area (Å²) >= 11 is 0. The van der Waals surface area contributed by atoms with E-state index < -0.39 is 11.6 Å². The molecule has 3 aromatic rings. The average molecular weight is 299 g/mol. The summed E-state index contributed by atoms with van der Waals surface area (Å²) in [4.78, 5) is 0. The minimum atomic E-state index is -0.706. The Bertz CT molecular complexity index is 809. The van der Waals surface area contributed by atoms with Crippen LogP contribution < -0.4 is 0 Å². The predicted octanol–water partition coefficient (Wildman–Crippen LogP) is 4.12. The third kappa shape index (κ3) is 2.41. The van der Waals surface area contributed by atoms with Crippen molar-refractivity contribution >= 4 is 0 Å². The fourth-order valence-corrected chi connectivity index (χ4v) is 2.36. The van der Waals surface area contributed by atoms with Crippen LogP contribution in [0.25, 0.3) is 22.6 Å². The maximum Gasteiger partial charge on any atom is 0.170 e. The minimum absolute atomic E-state index is 0.172. The van der Waals surface area contributed by atoms with Crippen LogP contribution in [0.1, 0.15) is 12.5 Å². The lowest BCUT2D eigenvalue weighted by atomic mass is 10.0. The van der Waals surface area contributed by atoms with Gasteiger partial charge in [0.05, 0.1) is 0 Å². The zero-order valence-corrected chi connectivity index (χ0v) is 11.9. The molecule has 0 radical (unpaired) electrons. The van der Waals surface area contributed by atoms with Gasteiger partial charge in [-0.1, -0.05) is 12.1 Å². The maximum absolute atomic E-state index is 13.5. The van der Waals surface area contributed by atoms with Crippen LogP contribution >= 0.6 is 0 Å². The molecule has 1 heterocycles. The highest BCUT2D eigenvalue weighted by atomic mass is 19.1. The third-order valence-corrected chi connectivity index (χ3v) is 3.49.